The lowest BCUT2D eigenvalue weighted by atomic mass is 9.91. The lowest BCUT2D eigenvalue weighted by molar-refractivity contribution is -0.148. The van der Waals surface area contributed by atoms with E-state index in [1.54, 1.807) is 0 Å². The maximum Gasteiger partial charge on any atom is 0.327 e. The van der Waals surface area contributed by atoms with Crippen LogP contribution in [0.3, 0.4) is 0 Å². The highest BCUT2D eigenvalue weighted by molar-refractivity contribution is 6.07. The first-order valence-electron chi connectivity index (χ1n) is 12.2. The Balaban J connectivity index is 1.49. The maximum atomic E-state index is 13.8. The quantitative estimate of drug-likeness (QED) is 0.527. The molecule has 0 saturated carbocycles. The van der Waals surface area contributed by atoms with E-state index in [0.717, 1.165) is 27.3 Å². The van der Waals surface area contributed by atoms with Gasteiger partial charge in [-0.15, -0.1) is 0 Å². The summed E-state index contributed by atoms with van der Waals surface area (Å²) in [6.07, 6.45) is 0.912. The molecule has 0 saturated heterocycles. The van der Waals surface area contributed by atoms with E-state index in [4.69, 9.17) is 0 Å². The molecule has 0 aliphatic carbocycles. The van der Waals surface area contributed by atoms with Crippen LogP contribution < -0.4 is 10.3 Å². The molecule has 0 fully saturated rings. The summed E-state index contributed by atoms with van der Waals surface area (Å²) in [5.74, 6) is -3.30. The summed E-state index contributed by atoms with van der Waals surface area (Å²) in [4.78, 5) is 53.8. The largest absolute Gasteiger partial charge is 0.480 e. The van der Waals surface area contributed by atoms with Gasteiger partial charge in [-0.05, 0) is 35.1 Å². The molecular weight excluding hydrogens is 470 g/mol. The van der Waals surface area contributed by atoms with E-state index in [-0.39, 0.29) is 12.8 Å². The van der Waals surface area contributed by atoms with Crippen LogP contribution in [0, 0.1) is 0 Å². The van der Waals surface area contributed by atoms with Crippen LogP contribution in [0.4, 0.5) is 5.69 Å². The molecule has 0 unspecified atom stereocenters. The fraction of sp³-hybridized carbons (Fsp3) is 0.241. The molecule has 0 radical (unpaired) electrons. The Morgan fingerprint density at radius 3 is 2.08 bits per heavy atom. The number of nitrogens with one attached hydrogen (secondary N) is 1. The van der Waals surface area contributed by atoms with Gasteiger partial charge in [0.15, 0.2) is 0 Å². The van der Waals surface area contributed by atoms with Crippen LogP contribution >= 0.6 is 0 Å². The number of para-hydroxylation sites is 1. The third kappa shape index (κ3) is 4.46. The second-order valence-corrected chi connectivity index (χ2v) is 9.37. The standard InChI is InChI=1S/C29H27N3O5/c1-18(33)32(30-27(34)25(19-9-4-2-5-10-19)20-11-6-3-7-12-20)23-16-15-21-13-8-14-22-17-24(29(36)37)31(26(21)22)28(23)35/h2-14,23-25H,15-17H2,1H3,(H,30,34)(H,36,37)/t23-,24-/m0/s1. The number of rotatable bonds is 5. The van der Waals surface area contributed by atoms with Crippen molar-refractivity contribution in [1.82, 2.24) is 10.4 Å². The van der Waals surface area contributed by atoms with Gasteiger partial charge in [-0.25, -0.2) is 9.80 Å². The van der Waals surface area contributed by atoms with Crippen molar-refractivity contribution in [2.45, 2.75) is 44.2 Å². The van der Waals surface area contributed by atoms with Gasteiger partial charge in [-0.2, -0.15) is 0 Å². The molecular formula is C29H27N3O5. The van der Waals surface area contributed by atoms with Gasteiger partial charge in [0.05, 0.1) is 11.6 Å². The number of benzene rings is 3. The van der Waals surface area contributed by atoms with Gasteiger partial charge < -0.3 is 5.11 Å². The Kier molecular flexibility index (Phi) is 6.48. The number of anilines is 1. The van der Waals surface area contributed by atoms with Crippen LogP contribution in [0.25, 0.3) is 0 Å². The number of hydrazine groups is 1. The number of nitrogens with zero attached hydrogens (tertiary/aromatic N) is 2. The predicted octanol–water partition coefficient (Wildman–Crippen LogP) is 3.06. The second kappa shape index (κ2) is 9.89. The Morgan fingerprint density at radius 2 is 1.51 bits per heavy atom. The molecule has 3 aromatic carbocycles. The Labute approximate surface area is 214 Å². The Bertz CT molecular complexity index is 1320. The highest BCUT2D eigenvalue weighted by Gasteiger charge is 2.46. The van der Waals surface area contributed by atoms with Crippen molar-refractivity contribution in [3.05, 3.63) is 101 Å². The summed E-state index contributed by atoms with van der Waals surface area (Å²) in [6, 6.07) is 21.9. The summed E-state index contributed by atoms with van der Waals surface area (Å²) in [6.45, 7) is 1.29. The van der Waals surface area contributed by atoms with Gasteiger partial charge in [0.25, 0.3) is 11.8 Å². The molecule has 2 aliphatic rings. The van der Waals surface area contributed by atoms with Gasteiger partial charge in [0.2, 0.25) is 5.91 Å². The topological polar surface area (TPSA) is 107 Å². The van der Waals surface area contributed by atoms with Crippen LogP contribution in [-0.2, 0) is 32.0 Å². The van der Waals surface area contributed by atoms with Crippen LogP contribution in [0.1, 0.15) is 41.5 Å². The van der Waals surface area contributed by atoms with Gasteiger partial charge in [-0.3, -0.25) is 24.7 Å². The number of carboxylic acid groups (broad SMARTS) is 1. The first-order chi connectivity index (χ1) is 17.9. The zero-order valence-electron chi connectivity index (χ0n) is 20.3. The molecule has 2 aliphatic heterocycles. The average Bonchev–Trinajstić information content (AvgIpc) is 3.23. The molecule has 8 heteroatoms. The number of carboxylic acids is 1. The van der Waals surface area contributed by atoms with Crippen molar-refractivity contribution >= 4 is 29.4 Å². The monoisotopic (exact) mass is 497 g/mol. The van der Waals surface area contributed by atoms with E-state index in [1.807, 2.05) is 78.9 Å². The number of hydrogen-bond donors (Lipinski definition) is 2. The van der Waals surface area contributed by atoms with Crippen molar-refractivity contribution < 1.29 is 24.3 Å². The molecule has 2 heterocycles. The van der Waals surface area contributed by atoms with Crippen molar-refractivity contribution in [3.63, 3.8) is 0 Å². The summed E-state index contributed by atoms with van der Waals surface area (Å²) in [5, 5.41) is 10.9. The van der Waals surface area contributed by atoms with Gasteiger partial charge in [0.1, 0.15) is 12.1 Å². The highest BCUT2D eigenvalue weighted by Crippen LogP contribution is 2.39. The fourth-order valence-corrected chi connectivity index (χ4v) is 5.40. The molecule has 188 valence electrons. The number of aliphatic carboxylic acids is 1. The van der Waals surface area contributed by atoms with E-state index in [1.165, 1.54) is 11.8 Å². The van der Waals surface area contributed by atoms with Crippen LogP contribution in [0.2, 0.25) is 0 Å². The summed E-state index contributed by atoms with van der Waals surface area (Å²) < 4.78 is 0. The van der Waals surface area contributed by atoms with Crippen molar-refractivity contribution in [2.24, 2.45) is 0 Å². The Morgan fingerprint density at radius 1 is 0.919 bits per heavy atom. The molecule has 0 bridgehead atoms. The molecule has 37 heavy (non-hydrogen) atoms. The van der Waals surface area contributed by atoms with Crippen LogP contribution in [0.5, 0.6) is 0 Å². The minimum Gasteiger partial charge on any atom is -0.480 e. The van der Waals surface area contributed by atoms with E-state index in [2.05, 4.69) is 5.43 Å². The lowest BCUT2D eigenvalue weighted by Crippen LogP contribution is -2.59. The predicted molar refractivity (Wildman–Crippen MR) is 137 cm³/mol. The van der Waals surface area contributed by atoms with E-state index in [0.29, 0.717) is 12.1 Å². The third-order valence-electron chi connectivity index (χ3n) is 7.07. The zero-order chi connectivity index (χ0) is 26.1. The molecule has 0 spiro atoms. The average molecular weight is 498 g/mol. The van der Waals surface area contributed by atoms with Crippen molar-refractivity contribution in [3.8, 4) is 0 Å². The molecule has 3 amide bonds. The smallest absolute Gasteiger partial charge is 0.327 e. The minimum absolute atomic E-state index is 0.202. The molecule has 2 N–H and O–H groups in total. The minimum atomic E-state index is -1.11. The van der Waals surface area contributed by atoms with Crippen LogP contribution in [-0.4, -0.2) is 45.9 Å². The van der Waals surface area contributed by atoms with Gasteiger partial charge >= 0.3 is 5.97 Å². The third-order valence-corrected chi connectivity index (χ3v) is 7.07. The SMILES string of the molecule is CC(=O)N(NC(=O)C(c1ccccc1)c1ccccc1)[C@H]1CCc2cccc3c2N(C1=O)[C@H](C(=O)O)C3. The fourth-order valence-electron chi connectivity index (χ4n) is 5.40. The maximum absolute atomic E-state index is 13.8. The highest BCUT2D eigenvalue weighted by atomic mass is 16.4. The first-order valence-corrected chi connectivity index (χ1v) is 12.2. The van der Waals surface area contributed by atoms with Crippen molar-refractivity contribution in [1.29, 1.82) is 0 Å². The molecule has 8 nitrogen and oxygen atoms in total. The van der Waals surface area contributed by atoms with Crippen LogP contribution in [0.15, 0.2) is 78.9 Å². The molecule has 5 rings (SSSR count). The number of aryl methyl sites for hydroxylation is 1. The number of amides is 3. The number of hydrogen-bond acceptors (Lipinski definition) is 4. The first kappa shape index (κ1) is 24.2. The second-order valence-electron chi connectivity index (χ2n) is 9.37. The number of carbonyl (C=O) groups is 4. The summed E-state index contributed by atoms with van der Waals surface area (Å²) in [5.41, 5.74) is 6.48. The molecule has 2 atom stereocenters. The lowest BCUT2D eigenvalue weighted by Gasteiger charge is -2.33. The van der Waals surface area contributed by atoms with Gasteiger partial charge in [-0.1, -0.05) is 78.9 Å². The summed E-state index contributed by atoms with van der Waals surface area (Å²) in [7, 11) is 0. The molecule has 0 aromatic heterocycles. The number of carbonyl (C=O) groups excluding carboxylic acids is 3. The van der Waals surface area contributed by atoms with E-state index in [9.17, 15) is 24.3 Å². The zero-order valence-corrected chi connectivity index (χ0v) is 20.3. The van der Waals surface area contributed by atoms with E-state index < -0.39 is 41.7 Å². The molecule has 3 aromatic rings. The Hall–Kier alpha value is -4.46. The normalized spacial score (nSPS) is 18.2. The van der Waals surface area contributed by atoms with Gasteiger partial charge in [0, 0.05) is 13.3 Å². The van der Waals surface area contributed by atoms with Crippen molar-refractivity contribution in [2.75, 3.05) is 4.90 Å². The van der Waals surface area contributed by atoms with E-state index >= 15 is 0 Å². The summed E-state index contributed by atoms with van der Waals surface area (Å²) >= 11 is 0.